The first-order valence-corrected chi connectivity index (χ1v) is 7.46. The molecule has 4 nitrogen and oxygen atoms in total. The van der Waals surface area contributed by atoms with E-state index in [1.807, 2.05) is 19.2 Å². The summed E-state index contributed by atoms with van der Waals surface area (Å²) in [4.78, 5) is 11.7. The van der Waals surface area contributed by atoms with Crippen molar-refractivity contribution >= 4 is 5.91 Å². The van der Waals surface area contributed by atoms with Crippen LogP contribution in [-0.2, 0) is 11.2 Å². The van der Waals surface area contributed by atoms with Gasteiger partial charge in [-0.3, -0.25) is 4.79 Å². The maximum atomic E-state index is 11.7. The monoisotopic (exact) mass is 274 g/mol. The van der Waals surface area contributed by atoms with Crippen molar-refractivity contribution < 1.29 is 9.53 Å². The number of hydrogen-bond acceptors (Lipinski definition) is 3. The Kier molecular flexibility index (Phi) is 3.92. The Labute approximate surface area is 119 Å². The van der Waals surface area contributed by atoms with Crippen molar-refractivity contribution in [1.82, 2.24) is 10.6 Å². The normalized spacial score (nSPS) is 20.6. The minimum atomic E-state index is -0.0160. The Morgan fingerprint density at radius 1 is 1.35 bits per heavy atom. The molecule has 0 aliphatic heterocycles. The van der Waals surface area contributed by atoms with E-state index in [9.17, 15) is 4.79 Å². The Morgan fingerprint density at radius 3 is 2.95 bits per heavy atom. The fraction of sp³-hybridized carbons (Fsp3) is 0.562. The second kappa shape index (κ2) is 5.83. The second-order valence-electron chi connectivity index (χ2n) is 5.74. The van der Waals surface area contributed by atoms with Crippen molar-refractivity contribution in [3.63, 3.8) is 0 Å². The smallest absolute Gasteiger partial charge is 0.257 e. The van der Waals surface area contributed by atoms with Gasteiger partial charge in [0.15, 0.2) is 6.61 Å². The summed E-state index contributed by atoms with van der Waals surface area (Å²) >= 11 is 0. The second-order valence-corrected chi connectivity index (χ2v) is 5.74. The fourth-order valence-corrected chi connectivity index (χ4v) is 2.83. The molecule has 0 heterocycles. The van der Waals surface area contributed by atoms with E-state index in [0.29, 0.717) is 12.0 Å². The van der Waals surface area contributed by atoms with Crippen LogP contribution in [0.5, 0.6) is 5.75 Å². The molecule has 0 aromatic heterocycles. The molecule has 2 aliphatic rings. The Hall–Kier alpha value is -1.55. The number of amides is 1. The van der Waals surface area contributed by atoms with Crippen molar-refractivity contribution in [2.45, 2.75) is 31.7 Å². The molecule has 0 saturated heterocycles. The highest BCUT2D eigenvalue weighted by atomic mass is 16.5. The highest BCUT2D eigenvalue weighted by molar-refractivity contribution is 5.77. The molecule has 108 valence electrons. The van der Waals surface area contributed by atoms with Crippen LogP contribution < -0.4 is 15.4 Å². The average molecular weight is 274 g/mol. The van der Waals surface area contributed by atoms with Gasteiger partial charge in [-0.05, 0) is 55.8 Å². The van der Waals surface area contributed by atoms with Crippen molar-refractivity contribution in [3.8, 4) is 5.75 Å². The molecule has 1 fully saturated rings. The van der Waals surface area contributed by atoms with E-state index in [1.54, 1.807) is 0 Å². The molecule has 1 aromatic rings. The quantitative estimate of drug-likeness (QED) is 0.831. The molecule has 1 atom stereocenters. The molecular formula is C16H22N2O2. The molecule has 4 heteroatoms. The Morgan fingerprint density at radius 2 is 2.20 bits per heavy atom. The molecule has 0 radical (unpaired) electrons. The van der Waals surface area contributed by atoms with Gasteiger partial charge >= 0.3 is 0 Å². The average Bonchev–Trinajstić information content (AvgIpc) is 3.20. The van der Waals surface area contributed by atoms with E-state index in [1.165, 1.54) is 24.0 Å². The summed E-state index contributed by atoms with van der Waals surface area (Å²) in [6, 6.07) is 6.53. The van der Waals surface area contributed by atoms with Gasteiger partial charge in [0.05, 0.1) is 0 Å². The van der Waals surface area contributed by atoms with Gasteiger partial charge in [0.2, 0.25) is 0 Å². The first kappa shape index (κ1) is 13.4. The molecule has 20 heavy (non-hydrogen) atoms. The highest BCUT2D eigenvalue weighted by Crippen LogP contribution is 2.36. The lowest BCUT2D eigenvalue weighted by molar-refractivity contribution is -0.123. The summed E-state index contributed by atoms with van der Waals surface area (Å²) in [6.45, 7) is 0.921. The molecule has 1 aromatic carbocycles. The van der Waals surface area contributed by atoms with Crippen LogP contribution in [0.4, 0.5) is 0 Å². The van der Waals surface area contributed by atoms with E-state index >= 15 is 0 Å². The number of fused-ring (bicyclic) bond motifs is 1. The van der Waals surface area contributed by atoms with Gasteiger partial charge in [0.25, 0.3) is 5.91 Å². The van der Waals surface area contributed by atoms with Gasteiger partial charge < -0.3 is 15.4 Å². The summed E-state index contributed by atoms with van der Waals surface area (Å²) in [7, 11) is 1.98. The van der Waals surface area contributed by atoms with E-state index < -0.39 is 0 Å². The zero-order valence-corrected chi connectivity index (χ0v) is 11.9. The van der Waals surface area contributed by atoms with Crippen molar-refractivity contribution in [2.75, 3.05) is 20.2 Å². The van der Waals surface area contributed by atoms with Gasteiger partial charge in [0.1, 0.15) is 5.75 Å². The van der Waals surface area contributed by atoms with E-state index in [4.69, 9.17) is 4.74 Å². The van der Waals surface area contributed by atoms with Crippen molar-refractivity contribution in [3.05, 3.63) is 29.3 Å². The highest BCUT2D eigenvalue weighted by Gasteiger charge is 2.24. The van der Waals surface area contributed by atoms with Crippen molar-refractivity contribution in [1.29, 1.82) is 0 Å². The van der Waals surface area contributed by atoms with Crippen LogP contribution in [0.25, 0.3) is 0 Å². The molecule has 1 amide bonds. The van der Waals surface area contributed by atoms with Crippen LogP contribution in [-0.4, -0.2) is 26.1 Å². The van der Waals surface area contributed by atoms with E-state index in [2.05, 4.69) is 16.7 Å². The van der Waals surface area contributed by atoms with Crippen LogP contribution >= 0.6 is 0 Å². The summed E-state index contributed by atoms with van der Waals surface area (Å²) in [5.41, 5.74) is 2.56. The van der Waals surface area contributed by atoms with Crippen LogP contribution in [0.1, 0.15) is 36.4 Å². The number of ether oxygens (including phenoxy) is 1. The summed E-state index contributed by atoms with van der Waals surface area (Å²) < 4.78 is 5.72. The molecule has 2 aliphatic carbocycles. The minimum Gasteiger partial charge on any atom is -0.483 e. The van der Waals surface area contributed by atoms with Crippen molar-refractivity contribution in [2.24, 2.45) is 5.92 Å². The largest absolute Gasteiger partial charge is 0.483 e. The third-order valence-corrected chi connectivity index (χ3v) is 4.22. The first-order valence-electron chi connectivity index (χ1n) is 7.46. The van der Waals surface area contributed by atoms with E-state index in [0.717, 1.165) is 25.1 Å². The molecule has 1 unspecified atom stereocenters. The Balaban J connectivity index is 1.57. The Bertz CT molecular complexity index is 497. The third-order valence-electron chi connectivity index (χ3n) is 4.22. The molecule has 0 spiro atoms. The SMILES string of the molecule is CNC1CCc2c(OCC(=O)NCC3CC3)cccc21. The minimum absolute atomic E-state index is 0.0160. The fourth-order valence-electron chi connectivity index (χ4n) is 2.83. The van der Waals surface area contributed by atoms with Crippen LogP contribution in [0.3, 0.4) is 0 Å². The molecule has 2 N–H and O–H groups in total. The molecule has 3 rings (SSSR count). The predicted octanol–water partition coefficient (Wildman–Crippen LogP) is 1.80. The number of nitrogens with one attached hydrogen (secondary N) is 2. The number of hydrogen-bond donors (Lipinski definition) is 2. The lowest BCUT2D eigenvalue weighted by Gasteiger charge is -2.13. The molecular weight excluding hydrogens is 252 g/mol. The number of carbonyl (C=O) groups excluding carboxylic acids is 1. The summed E-state index contributed by atoms with van der Waals surface area (Å²) in [5.74, 6) is 1.55. The maximum Gasteiger partial charge on any atom is 0.257 e. The zero-order chi connectivity index (χ0) is 13.9. The lowest BCUT2D eigenvalue weighted by Crippen LogP contribution is -2.30. The molecule has 0 bridgehead atoms. The van der Waals surface area contributed by atoms with Crippen LogP contribution in [0.15, 0.2) is 18.2 Å². The topological polar surface area (TPSA) is 50.4 Å². The standard InChI is InChI=1S/C16H22N2O2/c1-17-14-8-7-13-12(14)3-2-4-15(13)20-10-16(19)18-9-11-5-6-11/h2-4,11,14,17H,5-10H2,1H3,(H,18,19). The van der Waals surface area contributed by atoms with Gasteiger partial charge in [-0.15, -0.1) is 0 Å². The number of benzene rings is 1. The van der Waals surface area contributed by atoms with Crippen LogP contribution in [0.2, 0.25) is 0 Å². The predicted molar refractivity (Wildman–Crippen MR) is 77.8 cm³/mol. The van der Waals surface area contributed by atoms with E-state index in [-0.39, 0.29) is 12.5 Å². The molecule has 1 saturated carbocycles. The van der Waals surface area contributed by atoms with Crippen LogP contribution in [0, 0.1) is 5.92 Å². The number of rotatable bonds is 6. The first-order chi connectivity index (χ1) is 9.78. The van der Waals surface area contributed by atoms with Gasteiger partial charge in [-0.1, -0.05) is 12.1 Å². The number of carbonyl (C=O) groups is 1. The third kappa shape index (κ3) is 2.96. The maximum absolute atomic E-state index is 11.7. The lowest BCUT2D eigenvalue weighted by atomic mass is 10.1. The van der Waals surface area contributed by atoms with Gasteiger partial charge in [-0.25, -0.2) is 0 Å². The zero-order valence-electron chi connectivity index (χ0n) is 11.9. The van der Waals surface area contributed by atoms with Gasteiger partial charge in [0, 0.05) is 12.6 Å². The summed E-state index contributed by atoms with van der Waals surface area (Å²) in [6.07, 6.45) is 4.61. The summed E-state index contributed by atoms with van der Waals surface area (Å²) in [5, 5.41) is 6.24. The van der Waals surface area contributed by atoms with Gasteiger partial charge in [-0.2, -0.15) is 0 Å².